The van der Waals surface area contributed by atoms with Crippen LogP contribution in [0.4, 0.5) is 5.69 Å². The summed E-state index contributed by atoms with van der Waals surface area (Å²) in [5.41, 5.74) is 7.57. The second kappa shape index (κ2) is 12.9. The van der Waals surface area contributed by atoms with Crippen molar-refractivity contribution in [3.63, 3.8) is 0 Å². The number of imidazole rings is 1. The van der Waals surface area contributed by atoms with Crippen LogP contribution in [0.25, 0.3) is 34.4 Å². The third kappa shape index (κ3) is 6.08. The lowest BCUT2D eigenvalue weighted by Crippen LogP contribution is -2.40. The summed E-state index contributed by atoms with van der Waals surface area (Å²) >= 11 is 0. The Morgan fingerprint density at radius 3 is 2.43 bits per heavy atom. The zero-order chi connectivity index (χ0) is 32.4. The predicted molar refractivity (Wildman–Crippen MR) is 180 cm³/mol. The number of rotatable bonds is 6. The first-order valence-corrected chi connectivity index (χ1v) is 15.4. The summed E-state index contributed by atoms with van der Waals surface area (Å²) in [4.78, 5) is 50.9. The molecule has 0 aliphatic heterocycles. The van der Waals surface area contributed by atoms with E-state index in [4.69, 9.17) is 0 Å². The SMILES string of the molecule is CC1C=c2c(ccc3c2=CC(=O)c2ccccc2-3)C(C)C1=O.CN(C)c1ccc(CCNC(=O)Cn2cnc3ncncc32)cc1. The van der Waals surface area contributed by atoms with Crippen LogP contribution in [0, 0.1) is 5.92 Å². The van der Waals surface area contributed by atoms with Crippen molar-refractivity contribution in [1.82, 2.24) is 24.8 Å². The van der Waals surface area contributed by atoms with Crippen LogP contribution in [0.2, 0.25) is 0 Å². The van der Waals surface area contributed by atoms with Crippen LogP contribution in [-0.4, -0.2) is 57.6 Å². The molecule has 3 aromatic carbocycles. The van der Waals surface area contributed by atoms with Crippen molar-refractivity contribution in [1.29, 1.82) is 0 Å². The van der Waals surface area contributed by atoms with E-state index in [1.165, 1.54) is 11.9 Å². The minimum absolute atomic E-state index is 0.0436. The van der Waals surface area contributed by atoms with Crippen LogP contribution in [-0.2, 0) is 22.6 Å². The van der Waals surface area contributed by atoms with Crippen LogP contribution < -0.4 is 20.7 Å². The van der Waals surface area contributed by atoms with E-state index < -0.39 is 0 Å². The Morgan fingerprint density at radius 1 is 0.913 bits per heavy atom. The Morgan fingerprint density at radius 2 is 1.67 bits per heavy atom. The lowest BCUT2D eigenvalue weighted by molar-refractivity contribution is -0.122. The van der Waals surface area contributed by atoms with Gasteiger partial charge in [0.25, 0.3) is 0 Å². The summed E-state index contributed by atoms with van der Waals surface area (Å²) in [5.74, 6) is 0.0239. The molecule has 1 amide bonds. The van der Waals surface area contributed by atoms with Gasteiger partial charge in [0.1, 0.15) is 24.2 Å². The molecule has 0 bridgehead atoms. The summed E-state index contributed by atoms with van der Waals surface area (Å²) < 4.78 is 1.75. The molecule has 2 aromatic heterocycles. The maximum absolute atomic E-state index is 12.4. The number of amides is 1. The molecule has 9 heteroatoms. The van der Waals surface area contributed by atoms with Crippen molar-refractivity contribution in [2.75, 3.05) is 25.5 Å². The highest BCUT2D eigenvalue weighted by Crippen LogP contribution is 2.27. The molecular formula is C37H36N6O3. The third-order valence-corrected chi connectivity index (χ3v) is 8.64. The number of Topliss-reactive ketones (excluding diaryl/α,β-unsaturated/α-hetero) is 2. The highest BCUT2D eigenvalue weighted by atomic mass is 16.2. The van der Waals surface area contributed by atoms with Crippen LogP contribution in [0.3, 0.4) is 0 Å². The van der Waals surface area contributed by atoms with Crippen LogP contribution in [0.5, 0.6) is 0 Å². The molecule has 2 aliphatic rings. The number of benzene rings is 3. The fourth-order valence-corrected chi connectivity index (χ4v) is 6.08. The number of fused-ring (bicyclic) bond motifs is 6. The first-order chi connectivity index (χ1) is 22.2. The first kappa shape index (κ1) is 30.6. The second-order valence-corrected chi connectivity index (χ2v) is 11.9. The molecule has 2 aliphatic carbocycles. The lowest BCUT2D eigenvalue weighted by Gasteiger charge is -2.23. The molecule has 0 fully saturated rings. The molecule has 2 heterocycles. The van der Waals surface area contributed by atoms with Gasteiger partial charge in [-0.25, -0.2) is 15.0 Å². The molecule has 1 N–H and O–H groups in total. The van der Waals surface area contributed by atoms with E-state index in [1.54, 1.807) is 23.2 Å². The first-order valence-electron chi connectivity index (χ1n) is 15.4. The summed E-state index contributed by atoms with van der Waals surface area (Å²) in [7, 11) is 4.03. The van der Waals surface area contributed by atoms with Crippen molar-refractivity contribution in [2.45, 2.75) is 32.7 Å². The molecule has 5 aromatic rings. The molecule has 46 heavy (non-hydrogen) atoms. The Balaban J connectivity index is 0.000000162. The fourth-order valence-electron chi connectivity index (χ4n) is 6.08. The smallest absolute Gasteiger partial charge is 0.240 e. The standard InChI is InChI=1S/C20H16O2.C17H20N6O/c1-11-9-17-13(12(2)20(11)22)7-8-15-14-5-3-4-6-16(14)19(21)10-18(15)17;1-22(2)14-5-3-13(4-6-14)7-8-19-16(24)10-23-12-21-17-15(23)9-18-11-20-17/h3-12H,1-2H3;3-6,9,11-12H,7-8,10H2,1-2H3,(H,19,24). The van der Waals surface area contributed by atoms with Crippen LogP contribution in [0.1, 0.15) is 41.3 Å². The van der Waals surface area contributed by atoms with Gasteiger partial charge < -0.3 is 14.8 Å². The number of ketones is 2. The average molecular weight is 613 g/mol. The topological polar surface area (TPSA) is 110 Å². The second-order valence-electron chi connectivity index (χ2n) is 11.9. The largest absolute Gasteiger partial charge is 0.378 e. The number of hydrogen-bond donors (Lipinski definition) is 1. The normalized spacial score (nSPS) is 16.2. The van der Waals surface area contributed by atoms with E-state index in [0.29, 0.717) is 12.2 Å². The lowest BCUT2D eigenvalue weighted by atomic mass is 9.79. The highest BCUT2D eigenvalue weighted by molar-refractivity contribution is 6.22. The van der Waals surface area contributed by atoms with Gasteiger partial charge in [-0.2, -0.15) is 0 Å². The zero-order valence-electron chi connectivity index (χ0n) is 26.4. The van der Waals surface area contributed by atoms with Gasteiger partial charge in [0, 0.05) is 43.7 Å². The molecule has 0 saturated carbocycles. The van der Waals surface area contributed by atoms with Gasteiger partial charge in [-0.3, -0.25) is 14.4 Å². The van der Waals surface area contributed by atoms with E-state index in [0.717, 1.165) is 50.3 Å². The monoisotopic (exact) mass is 612 g/mol. The van der Waals surface area contributed by atoms with Gasteiger partial charge in [-0.05, 0) is 57.3 Å². The van der Waals surface area contributed by atoms with Gasteiger partial charge in [0.2, 0.25) is 5.91 Å². The maximum atomic E-state index is 12.4. The zero-order valence-corrected chi connectivity index (χ0v) is 26.4. The van der Waals surface area contributed by atoms with Crippen molar-refractivity contribution in [3.8, 4) is 11.1 Å². The summed E-state index contributed by atoms with van der Waals surface area (Å²) in [5, 5.41) is 4.95. The summed E-state index contributed by atoms with van der Waals surface area (Å²) in [6.45, 7) is 4.70. The Kier molecular flexibility index (Phi) is 8.57. The van der Waals surface area contributed by atoms with Crippen LogP contribution >= 0.6 is 0 Å². The number of anilines is 1. The molecule has 0 saturated heterocycles. The third-order valence-electron chi connectivity index (χ3n) is 8.64. The van der Waals surface area contributed by atoms with E-state index >= 15 is 0 Å². The number of carbonyl (C=O) groups excluding carboxylic acids is 3. The van der Waals surface area contributed by atoms with Gasteiger partial charge >= 0.3 is 0 Å². The van der Waals surface area contributed by atoms with E-state index in [1.807, 2.05) is 70.4 Å². The number of carbonyl (C=O) groups is 3. The number of nitrogens with one attached hydrogen (secondary N) is 1. The minimum atomic E-state index is -0.110. The minimum Gasteiger partial charge on any atom is -0.378 e. The highest BCUT2D eigenvalue weighted by Gasteiger charge is 2.27. The summed E-state index contributed by atoms with van der Waals surface area (Å²) in [6.07, 6.45) is 9.25. The van der Waals surface area contributed by atoms with Gasteiger partial charge in [0.05, 0.1) is 12.5 Å². The number of nitrogens with zero attached hydrogens (tertiary/aromatic N) is 5. The molecule has 9 nitrogen and oxygen atoms in total. The number of aromatic nitrogens is 4. The van der Waals surface area contributed by atoms with Crippen LogP contribution in [0.15, 0.2) is 79.5 Å². The molecular weight excluding hydrogens is 576 g/mol. The van der Waals surface area contributed by atoms with Crippen molar-refractivity contribution in [3.05, 3.63) is 107 Å². The molecule has 7 rings (SSSR count). The molecule has 2 unspecified atom stereocenters. The van der Waals surface area contributed by atoms with Crippen molar-refractivity contribution >= 4 is 46.5 Å². The molecule has 0 radical (unpaired) electrons. The fraction of sp³-hybridized carbons (Fsp3) is 0.243. The van der Waals surface area contributed by atoms with Crippen molar-refractivity contribution in [2.24, 2.45) is 5.92 Å². The van der Waals surface area contributed by atoms with E-state index in [9.17, 15) is 14.4 Å². The molecule has 232 valence electrons. The van der Waals surface area contributed by atoms with Gasteiger partial charge in [-0.1, -0.05) is 68.5 Å². The molecule has 0 spiro atoms. The summed E-state index contributed by atoms with van der Waals surface area (Å²) in [6, 6.07) is 20.1. The van der Waals surface area contributed by atoms with E-state index in [-0.39, 0.29) is 35.9 Å². The Labute approximate surface area is 267 Å². The maximum Gasteiger partial charge on any atom is 0.240 e. The number of hydrogen-bond acceptors (Lipinski definition) is 7. The predicted octanol–water partition coefficient (Wildman–Crippen LogP) is 3.68. The van der Waals surface area contributed by atoms with Gasteiger partial charge in [0.15, 0.2) is 11.4 Å². The van der Waals surface area contributed by atoms with Crippen molar-refractivity contribution < 1.29 is 14.4 Å². The Bertz CT molecular complexity index is 2080. The quantitative estimate of drug-likeness (QED) is 0.312. The molecule has 2 atom stereocenters. The Hall–Kier alpha value is -5.44. The average Bonchev–Trinajstić information content (AvgIpc) is 3.47. The van der Waals surface area contributed by atoms with E-state index in [2.05, 4.69) is 49.4 Å². The van der Waals surface area contributed by atoms with Gasteiger partial charge in [-0.15, -0.1) is 0 Å².